The first kappa shape index (κ1) is 14.8. The molecule has 2 bridgehead atoms. The second kappa shape index (κ2) is 4.98. The summed E-state index contributed by atoms with van der Waals surface area (Å²) < 4.78 is 5.29. The van der Waals surface area contributed by atoms with Crippen molar-refractivity contribution in [3.05, 3.63) is 29.8 Å². The van der Waals surface area contributed by atoms with Crippen LogP contribution in [0.2, 0.25) is 0 Å². The van der Waals surface area contributed by atoms with Gasteiger partial charge in [-0.15, -0.1) is 0 Å². The molecule has 128 valence electrons. The van der Waals surface area contributed by atoms with Crippen molar-refractivity contribution in [3.8, 4) is 0 Å². The molecule has 3 fully saturated rings. The van der Waals surface area contributed by atoms with Gasteiger partial charge in [0.25, 0.3) is 0 Å². The Labute approximate surface area is 143 Å². The minimum Gasteiger partial charge on any atom is -0.469 e. The summed E-state index contributed by atoms with van der Waals surface area (Å²) >= 11 is 0. The molecule has 1 N–H and O–H groups in total. The average Bonchev–Trinajstić information content (AvgIpc) is 3.17. The predicted molar refractivity (Wildman–Crippen MR) is 92.9 cm³/mol. The fraction of sp³-hybridized carbons (Fsp3) is 0.650. The fourth-order valence-electron chi connectivity index (χ4n) is 6.57. The molecule has 2 saturated heterocycles. The highest BCUT2D eigenvalue weighted by Crippen LogP contribution is 2.61. The van der Waals surface area contributed by atoms with Gasteiger partial charge in [0.2, 0.25) is 0 Å². The molecular weight excluding hydrogens is 300 g/mol. The number of benzene rings is 1. The van der Waals surface area contributed by atoms with E-state index in [1.165, 1.54) is 11.3 Å². The number of hydrogen-bond acceptors (Lipinski definition) is 4. The van der Waals surface area contributed by atoms with E-state index in [1.54, 1.807) is 7.11 Å². The van der Waals surface area contributed by atoms with E-state index in [4.69, 9.17) is 4.74 Å². The summed E-state index contributed by atoms with van der Waals surface area (Å²) in [5.74, 6) is 1.01. The van der Waals surface area contributed by atoms with Crippen LogP contribution >= 0.6 is 0 Å². The normalized spacial score (nSPS) is 42.2. The van der Waals surface area contributed by atoms with E-state index in [-0.39, 0.29) is 23.3 Å². The molecule has 4 heteroatoms. The molecule has 1 aromatic carbocycles. The average molecular weight is 326 g/mol. The zero-order valence-corrected chi connectivity index (χ0v) is 14.5. The molecule has 0 aromatic heterocycles. The van der Waals surface area contributed by atoms with Crippen molar-refractivity contribution in [2.75, 3.05) is 25.5 Å². The highest BCUT2D eigenvalue weighted by molar-refractivity contribution is 5.78. The lowest BCUT2D eigenvalue weighted by Crippen LogP contribution is -2.65. The number of carbonyl (C=O) groups excluding carboxylic acids is 1. The summed E-state index contributed by atoms with van der Waals surface area (Å²) in [6, 6.07) is 9.48. The van der Waals surface area contributed by atoms with E-state index in [0.717, 1.165) is 32.4 Å². The van der Waals surface area contributed by atoms with E-state index >= 15 is 0 Å². The molecule has 1 saturated carbocycles. The second-order valence-electron chi connectivity index (χ2n) is 8.09. The Balaban J connectivity index is 1.68. The molecule has 1 aromatic rings. The zero-order valence-electron chi connectivity index (χ0n) is 14.5. The Hall–Kier alpha value is -1.55. The van der Waals surface area contributed by atoms with Gasteiger partial charge in [0, 0.05) is 23.7 Å². The molecule has 6 atom stereocenters. The third kappa shape index (κ3) is 1.60. The van der Waals surface area contributed by atoms with Crippen molar-refractivity contribution in [1.82, 2.24) is 4.90 Å². The van der Waals surface area contributed by atoms with Gasteiger partial charge in [-0.25, -0.2) is 0 Å². The summed E-state index contributed by atoms with van der Waals surface area (Å²) in [6.45, 7) is 4.58. The standard InChI is InChI=1S/C20H26N2O2/c1-3-12-11-22-9-8-20-14-6-4-5-7-15(14)21-18(20)17(19(23)24-2)13(12)10-16(20)22/h4-7,12-13,16-18,21H,3,8-11H2,1-2H3/t12-,13+,16+,17+,18?,20-/m1/s1. The maximum Gasteiger partial charge on any atom is 0.311 e. The summed E-state index contributed by atoms with van der Waals surface area (Å²) in [4.78, 5) is 15.5. The Morgan fingerprint density at radius 2 is 2.25 bits per heavy atom. The molecule has 1 spiro atoms. The van der Waals surface area contributed by atoms with E-state index < -0.39 is 0 Å². The maximum absolute atomic E-state index is 12.8. The van der Waals surface area contributed by atoms with Crippen molar-refractivity contribution in [1.29, 1.82) is 0 Å². The van der Waals surface area contributed by atoms with Gasteiger partial charge in [-0.1, -0.05) is 31.5 Å². The minimum absolute atomic E-state index is 0.0121. The Kier molecular flexibility index (Phi) is 3.06. The number of nitrogens with one attached hydrogen (secondary N) is 1. The molecule has 5 rings (SSSR count). The lowest BCUT2D eigenvalue weighted by molar-refractivity contribution is -0.154. The topological polar surface area (TPSA) is 41.6 Å². The van der Waals surface area contributed by atoms with E-state index in [2.05, 4.69) is 41.4 Å². The SMILES string of the molecule is CC[C@@H]1CN2CC[C@]34c5ccccc5NC3[C@@H](C(=O)OC)[C@H]1C[C@H]24. The molecule has 0 radical (unpaired) electrons. The number of carbonyl (C=O) groups is 1. The monoisotopic (exact) mass is 326 g/mol. The molecular formula is C20H26N2O2. The van der Waals surface area contributed by atoms with Crippen LogP contribution in [0.25, 0.3) is 0 Å². The maximum atomic E-state index is 12.8. The number of para-hydroxylation sites is 1. The third-order valence-corrected chi connectivity index (χ3v) is 7.53. The van der Waals surface area contributed by atoms with Crippen molar-refractivity contribution in [3.63, 3.8) is 0 Å². The first-order valence-electron chi connectivity index (χ1n) is 9.38. The number of nitrogens with zero attached hydrogens (tertiary/aromatic N) is 1. The molecule has 3 aliphatic heterocycles. The Bertz CT molecular complexity index is 690. The van der Waals surface area contributed by atoms with Gasteiger partial charge in [-0.3, -0.25) is 9.69 Å². The van der Waals surface area contributed by atoms with Crippen LogP contribution in [0, 0.1) is 17.8 Å². The van der Waals surface area contributed by atoms with Crippen LogP contribution in [0.4, 0.5) is 5.69 Å². The molecule has 4 aliphatic rings. The van der Waals surface area contributed by atoms with Crippen LogP contribution in [-0.2, 0) is 14.9 Å². The summed E-state index contributed by atoms with van der Waals surface area (Å²) in [7, 11) is 1.55. The number of fused-ring (bicyclic) bond motifs is 2. The van der Waals surface area contributed by atoms with Gasteiger partial charge in [-0.2, -0.15) is 0 Å². The van der Waals surface area contributed by atoms with E-state index in [9.17, 15) is 4.79 Å². The van der Waals surface area contributed by atoms with Crippen molar-refractivity contribution < 1.29 is 9.53 Å². The van der Waals surface area contributed by atoms with Crippen LogP contribution in [-0.4, -0.2) is 43.2 Å². The molecule has 3 heterocycles. The Morgan fingerprint density at radius 1 is 1.42 bits per heavy atom. The van der Waals surface area contributed by atoms with Gasteiger partial charge < -0.3 is 10.1 Å². The number of rotatable bonds is 2. The fourth-order valence-corrected chi connectivity index (χ4v) is 6.57. The third-order valence-electron chi connectivity index (χ3n) is 7.53. The second-order valence-corrected chi connectivity index (χ2v) is 8.09. The van der Waals surface area contributed by atoms with E-state index in [0.29, 0.717) is 17.9 Å². The molecule has 1 unspecified atom stereocenters. The number of hydrogen-bond donors (Lipinski definition) is 1. The number of methoxy groups -OCH3 is 1. The summed E-state index contributed by atoms with van der Waals surface area (Å²) in [5, 5.41) is 3.77. The number of anilines is 1. The summed E-state index contributed by atoms with van der Waals surface area (Å²) in [5.41, 5.74) is 2.76. The Morgan fingerprint density at radius 3 is 3.04 bits per heavy atom. The van der Waals surface area contributed by atoms with Gasteiger partial charge in [0.1, 0.15) is 0 Å². The molecule has 24 heavy (non-hydrogen) atoms. The number of ether oxygens (including phenoxy) is 1. The van der Waals surface area contributed by atoms with Gasteiger partial charge in [0.05, 0.1) is 19.1 Å². The van der Waals surface area contributed by atoms with Crippen LogP contribution in [0.3, 0.4) is 0 Å². The van der Waals surface area contributed by atoms with Gasteiger partial charge in [-0.05, 0) is 42.9 Å². The number of piperidine rings is 1. The molecule has 0 amide bonds. The van der Waals surface area contributed by atoms with Crippen LogP contribution < -0.4 is 5.32 Å². The van der Waals surface area contributed by atoms with Crippen LogP contribution in [0.1, 0.15) is 31.7 Å². The molecule has 1 aliphatic carbocycles. The first-order chi connectivity index (χ1) is 11.7. The van der Waals surface area contributed by atoms with Crippen molar-refractivity contribution in [2.24, 2.45) is 17.8 Å². The number of esters is 1. The lowest BCUT2D eigenvalue weighted by Gasteiger charge is -2.55. The van der Waals surface area contributed by atoms with Crippen molar-refractivity contribution in [2.45, 2.75) is 43.7 Å². The van der Waals surface area contributed by atoms with Gasteiger partial charge >= 0.3 is 5.97 Å². The van der Waals surface area contributed by atoms with Crippen LogP contribution in [0.5, 0.6) is 0 Å². The largest absolute Gasteiger partial charge is 0.469 e. The quantitative estimate of drug-likeness (QED) is 0.849. The van der Waals surface area contributed by atoms with Gasteiger partial charge in [0.15, 0.2) is 0 Å². The van der Waals surface area contributed by atoms with E-state index in [1.807, 2.05) is 0 Å². The highest BCUT2D eigenvalue weighted by atomic mass is 16.5. The van der Waals surface area contributed by atoms with Crippen molar-refractivity contribution >= 4 is 11.7 Å². The predicted octanol–water partition coefficient (Wildman–Crippen LogP) is 2.64. The lowest BCUT2D eigenvalue weighted by atomic mass is 9.54. The first-order valence-corrected chi connectivity index (χ1v) is 9.38. The smallest absolute Gasteiger partial charge is 0.311 e. The molecule has 4 nitrogen and oxygen atoms in total. The minimum atomic E-state index is -0.0242. The van der Waals surface area contributed by atoms with Crippen LogP contribution in [0.15, 0.2) is 24.3 Å². The highest BCUT2D eigenvalue weighted by Gasteiger charge is 2.67. The summed E-state index contributed by atoms with van der Waals surface area (Å²) in [6.07, 6.45) is 3.45. The zero-order chi connectivity index (χ0) is 16.5.